The van der Waals surface area contributed by atoms with Crippen molar-refractivity contribution in [2.24, 2.45) is 5.92 Å². The summed E-state index contributed by atoms with van der Waals surface area (Å²) < 4.78 is 0. The number of halogens is 2. The van der Waals surface area contributed by atoms with Crippen molar-refractivity contribution in [1.82, 2.24) is 0 Å². The molecule has 0 heterocycles. The van der Waals surface area contributed by atoms with Gasteiger partial charge in [-0.3, -0.25) is 0 Å². The Morgan fingerprint density at radius 3 is 2.38 bits per heavy atom. The van der Waals surface area contributed by atoms with Crippen LogP contribution < -0.4 is 0 Å². The van der Waals surface area contributed by atoms with E-state index in [1.807, 2.05) is 18.2 Å². The molecule has 0 aromatic carbocycles. The highest BCUT2D eigenvalue weighted by Crippen LogP contribution is 2.14. The Morgan fingerprint density at radius 1 is 1.23 bits per heavy atom. The zero-order chi connectivity index (χ0) is 10.1. The number of hydrogen-bond donors (Lipinski definition) is 0. The normalized spacial score (nSPS) is 13.2. The van der Waals surface area contributed by atoms with E-state index in [9.17, 15) is 0 Å². The van der Waals surface area contributed by atoms with Crippen LogP contribution in [0, 0.1) is 12.3 Å². The van der Waals surface area contributed by atoms with Gasteiger partial charge in [-0.05, 0) is 12.3 Å². The van der Waals surface area contributed by atoms with Crippen LogP contribution in [0.5, 0.6) is 0 Å². The van der Waals surface area contributed by atoms with Crippen LogP contribution >= 0.6 is 23.2 Å². The standard InChI is InChI=1S/C11H17Cl2/c1-10(2)9-11(6-8-13)5-3-4-7-12/h3-6,10H,7-9H2,1-2H3. The van der Waals surface area contributed by atoms with Crippen LogP contribution in [0.1, 0.15) is 20.3 Å². The molecule has 75 valence electrons. The van der Waals surface area contributed by atoms with E-state index in [1.165, 1.54) is 5.57 Å². The van der Waals surface area contributed by atoms with Gasteiger partial charge in [0.15, 0.2) is 0 Å². The van der Waals surface area contributed by atoms with Gasteiger partial charge in [0.05, 0.1) is 0 Å². The fourth-order valence-corrected chi connectivity index (χ4v) is 1.33. The van der Waals surface area contributed by atoms with Crippen LogP contribution in [0.25, 0.3) is 0 Å². The summed E-state index contributed by atoms with van der Waals surface area (Å²) in [7, 11) is 0. The van der Waals surface area contributed by atoms with E-state index in [4.69, 9.17) is 23.2 Å². The van der Waals surface area contributed by atoms with Gasteiger partial charge in [0.25, 0.3) is 0 Å². The van der Waals surface area contributed by atoms with Gasteiger partial charge < -0.3 is 0 Å². The van der Waals surface area contributed by atoms with Gasteiger partial charge in [0.2, 0.25) is 0 Å². The van der Waals surface area contributed by atoms with Gasteiger partial charge in [0.1, 0.15) is 0 Å². The Labute approximate surface area is 91.6 Å². The zero-order valence-corrected chi connectivity index (χ0v) is 9.78. The van der Waals surface area contributed by atoms with Crippen molar-refractivity contribution in [3.63, 3.8) is 0 Å². The molecule has 0 aliphatic heterocycles. The minimum atomic E-state index is 0.562. The van der Waals surface area contributed by atoms with Gasteiger partial charge in [0, 0.05) is 18.2 Å². The second kappa shape index (κ2) is 8.65. The molecule has 0 saturated heterocycles. The van der Waals surface area contributed by atoms with Crippen LogP contribution in [0.15, 0.2) is 23.8 Å². The predicted molar refractivity (Wildman–Crippen MR) is 62.4 cm³/mol. The first-order chi connectivity index (χ1) is 6.20. The molecule has 0 fully saturated rings. The lowest BCUT2D eigenvalue weighted by atomic mass is 10.0. The Kier molecular flexibility index (Phi) is 8.69. The highest BCUT2D eigenvalue weighted by molar-refractivity contribution is 6.19. The predicted octanol–water partition coefficient (Wildman–Crippen LogP) is 4.20. The number of hydrogen-bond acceptors (Lipinski definition) is 0. The van der Waals surface area contributed by atoms with E-state index in [2.05, 4.69) is 20.3 Å². The second-order valence-electron chi connectivity index (χ2n) is 3.28. The largest absolute Gasteiger partial charge is 0.122 e. The molecule has 2 heteroatoms. The van der Waals surface area contributed by atoms with E-state index < -0.39 is 0 Å². The van der Waals surface area contributed by atoms with Crippen molar-refractivity contribution in [3.8, 4) is 0 Å². The van der Waals surface area contributed by atoms with E-state index in [0.717, 1.165) is 6.42 Å². The molecule has 0 unspecified atom stereocenters. The molecular weight excluding hydrogens is 203 g/mol. The van der Waals surface area contributed by atoms with Crippen molar-refractivity contribution >= 4 is 23.2 Å². The maximum Gasteiger partial charge on any atom is 0.0406 e. The summed E-state index contributed by atoms with van der Waals surface area (Å²) in [6.45, 7) is 4.39. The third-order valence-electron chi connectivity index (χ3n) is 1.52. The van der Waals surface area contributed by atoms with Crippen molar-refractivity contribution in [3.05, 3.63) is 30.2 Å². The maximum absolute atomic E-state index is 5.65. The molecule has 0 aliphatic carbocycles. The van der Waals surface area contributed by atoms with Crippen LogP contribution in [-0.2, 0) is 0 Å². The summed E-state index contributed by atoms with van der Waals surface area (Å²) in [5.74, 6) is 1.80. The molecule has 0 nitrogen and oxygen atoms in total. The zero-order valence-electron chi connectivity index (χ0n) is 8.26. The summed E-state index contributed by atoms with van der Waals surface area (Å²) in [5, 5.41) is 0. The quantitative estimate of drug-likeness (QED) is 0.588. The molecule has 13 heavy (non-hydrogen) atoms. The highest BCUT2D eigenvalue weighted by atomic mass is 35.5. The first-order valence-electron chi connectivity index (χ1n) is 4.51. The number of allylic oxidation sites excluding steroid dienone is 4. The van der Waals surface area contributed by atoms with Crippen molar-refractivity contribution < 1.29 is 0 Å². The average Bonchev–Trinajstić information content (AvgIpc) is 2.04. The van der Waals surface area contributed by atoms with Gasteiger partial charge in [-0.25, -0.2) is 0 Å². The SMILES string of the molecule is CC(C)CC([CH]C=CCCl)=CCCl. The van der Waals surface area contributed by atoms with Gasteiger partial charge in [-0.15, -0.1) is 23.2 Å². The minimum absolute atomic E-state index is 0.562. The molecule has 1 radical (unpaired) electrons. The molecule has 0 N–H and O–H groups in total. The summed E-state index contributed by atoms with van der Waals surface area (Å²) in [5.41, 5.74) is 1.28. The number of rotatable bonds is 6. The van der Waals surface area contributed by atoms with E-state index in [0.29, 0.717) is 17.7 Å². The first-order valence-corrected chi connectivity index (χ1v) is 5.58. The number of alkyl halides is 2. The second-order valence-corrected chi connectivity index (χ2v) is 3.90. The van der Waals surface area contributed by atoms with Crippen molar-refractivity contribution in [1.29, 1.82) is 0 Å². The van der Waals surface area contributed by atoms with E-state index in [-0.39, 0.29) is 0 Å². The average molecular weight is 220 g/mol. The lowest BCUT2D eigenvalue weighted by molar-refractivity contribution is 0.646. The summed E-state index contributed by atoms with van der Waals surface area (Å²) in [4.78, 5) is 0. The molecular formula is C11H17Cl2. The third-order valence-corrected chi connectivity index (χ3v) is 1.85. The molecule has 0 aromatic rings. The molecule has 0 atom stereocenters. The molecule has 0 aromatic heterocycles. The molecule has 0 bridgehead atoms. The topological polar surface area (TPSA) is 0 Å². The van der Waals surface area contributed by atoms with Crippen molar-refractivity contribution in [2.45, 2.75) is 20.3 Å². The Morgan fingerprint density at radius 2 is 1.92 bits per heavy atom. The molecule has 0 spiro atoms. The molecule has 0 rings (SSSR count). The van der Waals surface area contributed by atoms with Crippen molar-refractivity contribution in [2.75, 3.05) is 11.8 Å². The minimum Gasteiger partial charge on any atom is -0.122 e. The molecule has 0 saturated carbocycles. The summed E-state index contributed by atoms with van der Waals surface area (Å²) in [6, 6.07) is 0. The monoisotopic (exact) mass is 219 g/mol. The van der Waals surface area contributed by atoms with E-state index in [1.54, 1.807) is 0 Å². The Balaban J connectivity index is 3.95. The van der Waals surface area contributed by atoms with Gasteiger partial charge >= 0.3 is 0 Å². The molecule has 0 aliphatic rings. The van der Waals surface area contributed by atoms with Gasteiger partial charge in [-0.1, -0.05) is 37.6 Å². The summed E-state index contributed by atoms with van der Waals surface area (Å²) in [6.07, 6.45) is 9.09. The van der Waals surface area contributed by atoms with Crippen LogP contribution in [0.2, 0.25) is 0 Å². The lowest BCUT2D eigenvalue weighted by Crippen LogP contribution is -1.92. The van der Waals surface area contributed by atoms with Crippen LogP contribution in [0.4, 0.5) is 0 Å². The van der Waals surface area contributed by atoms with Crippen LogP contribution in [-0.4, -0.2) is 11.8 Å². The lowest BCUT2D eigenvalue weighted by Gasteiger charge is -2.06. The summed E-state index contributed by atoms with van der Waals surface area (Å²) >= 11 is 11.2. The Hall–Kier alpha value is 0.0600. The van der Waals surface area contributed by atoms with E-state index >= 15 is 0 Å². The fraction of sp³-hybridized carbons (Fsp3) is 0.545. The highest BCUT2D eigenvalue weighted by Gasteiger charge is 1.99. The third kappa shape index (κ3) is 8.39. The fourth-order valence-electron chi connectivity index (χ4n) is 1.03. The Bertz CT molecular complexity index is 169. The maximum atomic E-state index is 5.65. The smallest absolute Gasteiger partial charge is 0.0406 e. The molecule has 0 amide bonds. The van der Waals surface area contributed by atoms with Crippen LogP contribution in [0.3, 0.4) is 0 Å². The van der Waals surface area contributed by atoms with Gasteiger partial charge in [-0.2, -0.15) is 0 Å². The first kappa shape index (κ1) is 13.1.